The first-order chi connectivity index (χ1) is 8.20. The predicted molar refractivity (Wildman–Crippen MR) is 62.7 cm³/mol. The fraction of sp³-hybridized carbons (Fsp3) is 0.0833. The molecule has 0 unspecified atom stereocenters. The highest BCUT2D eigenvalue weighted by Crippen LogP contribution is 2.21. The summed E-state index contributed by atoms with van der Waals surface area (Å²) in [7, 11) is 0. The topological polar surface area (TPSA) is 35.8 Å². The number of nitriles is 1. The van der Waals surface area contributed by atoms with Crippen LogP contribution in [0.15, 0.2) is 29.6 Å². The van der Waals surface area contributed by atoms with Crippen LogP contribution in [0.3, 0.4) is 0 Å². The summed E-state index contributed by atoms with van der Waals surface area (Å²) in [5.41, 5.74) is -0.223. The minimum Gasteiger partial charge on any atom is -0.375 e. The van der Waals surface area contributed by atoms with Gasteiger partial charge >= 0.3 is 0 Å². The van der Waals surface area contributed by atoms with Crippen molar-refractivity contribution in [2.24, 2.45) is 0 Å². The molecule has 2 rings (SSSR count). The third-order valence-corrected chi connectivity index (χ3v) is 3.07. The van der Waals surface area contributed by atoms with E-state index >= 15 is 0 Å². The van der Waals surface area contributed by atoms with Gasteiger partial charge in [0, 0.05) is 11.4 Å². The Labute approximate surface area is 101 Å². The first-order valence-corrected chi connectivity index (χ1v) is 5.74. The number of nitrogens with zero attached hydrogens (tertiary/aromatic N) is 1. The lowest BCUT2D eigenvalue weighted by Gasteiger charge is -2.07. The number of hydrogen-bond donors (Lipinski definition) is 1. The minimum atomic E-state index is -0.752. The Bertz CT molecular complexity index is 535. The van der Waals surface area contributed by atoms with Crippen LogP contribution in [0.4, 0.5) is 14.5 Å². The molecule has 0 saturated carbocycles. The zero-order valence-corrected chi connectivity index (χ0v) is 9.52. The number of hydrogen-bond acceptors (Lipinski definition) is 3. The fourth-order valence-electron chi connectivity index (χ4n) is 1.40. The van der Waals surface area contributed by atoms with Gasteiger partial charge in [0.05, 0.1) is 11.6 Å². The number of nitrogens with one attached hydrogen (secondary N) is 1. The number of anilines is 1. The molecule has 0 bridgehead atoms. The smallest absolute Gasteiger partial charge is 0.150 e. The summed E-state index contributed by atoms with van der Waals surface area (Å²) < 4.78 is 27.0. The number of benzene rings is 1. The van der Waals surface area contributed by atoms with Gasteiger partial charge in [-0.1, -0.05) is 6.07 Å². The van der Waals surface area contributed by atoms with Gasteiger partial charge in [0.15, 0.2) is 11.6 Å². The lowest BCUT2D eigenvalue weighted by molar-refractivity contribution is 0.587. The Morgan fingerprint density at radius 3 is 2.53 bits per heavy atom. The third kappa shape index (κ3) is 2.60. The predicted octanol–water partition coefficient (Wildman–Crippen LogP) is 3.51. The van der Waals surface area contributed by atoms with Gasteiger partial charge in [0.25, 0.3) is 0 Å². The average molecular weight is 250 g/mol. The summed E-state index contributed by atoms with van der Waals surface area (Å²) in [6.07, 6.45) is 0. The maximum Gasteiger partial charge on any atom is 0.150 e. The SMILES string of the molecule is N#Cc1cc(F)c(NCc2cccs2)c(F)c1. The second-order valence-electron chi connectivity index (χ2n) is 3.36. The van der Waals surface area contributed by atoms with Crippen molar-refractivity contribution < 1.29 is 8.78 Å². The Morgan fingerprint density at radius 1 is 1.29 bits per heavy atom. The van der Waals surface area contributed by atoms with Crippen LogP contribution in [0.25, 0.3) is 0 Å². The van der Waals surface area contributed by atoms with Gasteiger partial charge < -0.3 is 5.32 Å². The summed E-state index contributed by atoms with van der Waals surface area (Å²) in [5.74, 6) is -1.50. The Hall–Kier alpha value is -1.93. The zero-order valence-electron chi connectivity index (χ0n) is 8.71. The van der Waals surface area contributed by atoms with E-state index in [0.29, 0.717) is 6.54 Å². The Morgan fingerprint density at radius 2 is 2.00 bits per heavy atom. The monoisotopic (exact) mass is 250 g/mol. The average Bonchev–Trinajstić information content (AvgIpc) is 2.80. The molecule has 86 valence electrons. The van der Waals surface area contributed by atoms with Crippen LogP contribution in [-0.4, -0.2) is 0 Å². The highest BCUT2D eigenvalue weighted by molar-refractivity contribution is 7.09. The maximum absolute atomic E-state index is 13.5. The molecule has 0 spiro atoms. The minimum absolute atomic E-state index is 0.0262. The van der Waals surface area contributed by atoms with Crippen LogP contribution in [0.2, 0.25) is 0 Å². The number of halogens is 2. The molecule has 0 aliphatic rings. The Kier molecular flexibility index (Phi) is 3.35. The van der Waals surface area contributed by atoms with Gasteiger partial charge in [-0.25, -0.2) is 8.78 Å². The van der Waals surface area contributed by atoms with Crippen molar-refractivity contribution in [1.29, 1.82) is 5.26 Å². The van der Waals surface area contributed by atoms with E-state index in [1.165, 1.54) is 11.3 Å². The second kappa shape index (κ2) is 4.93. The van der Waals surface area contributed by atoms with E-state index in [4.69, 9.17) is 5.26 Å². The van der Waals surface area contributed by atoms with Crippen LogP contribution in [0, 0.1) is 23.0 Å². The largest absolute Gasteiger partial charge is 0.375 e. The molecule has 0 radical (unpaired) electrons. The molecule has 1 N–H and O–H groups in total. The van der Waals surface area contributed by atoms with Crippen molar-refractivity contribution in [2.45, 2.75) is 6.54 Å². The van der Waals surface area contributed by atoms with Crippen molar-refractivity contribution >= 4 is 17.0 Å². The van der Waals surface area contributed by atoms with E-state index in [9.17, 15) is 8.78 Å². The summed E-state index contributed by atoms with van der Waals surface area (Å²) in [5, 5.41) is 13.1. The van der Waals surface area contributed by atoms with E-state index in [1.807, 2.05) is 17.5 Å². The normalized spacial score (nSPS) is 9.94. The molecular formula is C12H8F2N2S. The van der Waals surface area contributed by atoms with Crippen molar-refractivity contribution in [3.8, 4) is 6.07 Å². The van der Waals surface area contributed by atoms with Crippen LogP contribution >= 0.6 is 11.3 Å². The van der Waals surface area contributed by atoms with Gasteiger partial charge in [0.1, 0.15) is 5.69 Å². The summed E-state index contributed by atoms with van der Waals surface area (Å²) in [6, 6.07) is 7.47. The molecular weight excluding hydrogens is 242 g/mol. The van der Waals surface area contributed by atoms with Crippen molar-refractivity contribution in [2.75, 3.05) is 5.32 Å². The van der Waals surface area contributed by atoms with E-state index in [2.05, 4.69) is 5.32 Å². The van der Waals surface area contributed by atoms with Crippen molar-refractivity contribution in [3.63, 3.8) is 0 Å². The number of thiophene rings is 1. The molecule has 0 fully saturated rings. The van der Waals surface area contributed by atoms with Gasteiger partial charge in [-0.05, 0) is 23.6 Å². The van der Waals surface area contributed by atoms with Crippen LogP contribution < -0.4 is 5.32 Å². The molecule has 0 amide bonds. The molecule has 2 aromatic rings. The molecule has 1 aromatic heterocycles. The standard InChI is InChI=1S/C12H8F2N2S/c13-10-4-8(6-15)5-11(14)12(10)16-7-9-2-1-3-17-9/h1-5,16H,7H2. The first-order valence-electron chi connectivity index (χ1n) is 4.86. The fourth-order valence-corrected chi connectivity index (χ4v) is 2.04. The van der Waals surface area contributed by atoms with Crippen molar-refractivity contribution in [3.05, 3.63) is 51.7 Å². The van der Waals surface area contributed by atoms with E-state index in [0.717, 1.165) is 17.0 Å². The first kappa shape index (κ1) is 11.6. The zero-order chi connectivity index (χ0) is 12.3. The molecule has 1 heterocycles. The quantitative estimate of drug-likeness (QED) is 0.904. The van der Waals surface area contributed by atoms with Crippen molar-refractivity contribution in [1.82, 2.24) is 0 Å². The molecule has 0 saturated heterocycles. The maximum atomic E-state index is 13.5. The Balaban J connectivity index is 2.19. The highest BCUT2D eigenvalue weighted by atomic mass is 32.1. The van der Waals surface area contributed by atoms with E-state index < -0.39 is 11.6 Å². The van der Waals surface area contributed by atoms with E-state index in [-0.39, 0.29) is 11.3 Å². The van der Waals surface area contributed by atoms with Crippen LogP contribution in [0.1, 0.15) is 10.4 Å². The summed E-state index contributed by atoms with van der Waals surface area (Å²) >= 11 is 1.50. The van der Waals surface area contributed by atoms with Gasteiger partial charge in [-0.2, -0.15) is 5.26 Å². The summed E-state index contributed by atoms with van der Waals surface area (Å²) in [6.45, 7) is 0.359. The molecule has 5 heteroatoms. The molecule has 2 nitrogen and oxygen atoms in total. The lowest BCUT2D eigenvalue weighted by Crippen LogP contribution is -2.03. The highest BCUT2D eigenvalue weighted by Gasteiger charge is 2.10. The molecule has 17 heavy (non-hydrogen) atoms. The lowest BCUT2D eigenvalue weighted by atomic mass is 10.2. The van der Waals surface area contributed by atoms with Crippen LogP contribution in [0.5, 0.6) is 0 Å². The second-order valence-corrected chi connectivity index (χ2v) is 4.39. The summed E-state index contributed by atoms with van der Waals surface area (Å²) in [4.78, 5) is 0.980. The van der Waals surface area contributed by atoms with Gasteiger partial charge in [-0.15, -0.1) is 11.3 Å². The molecule has 0 aliphatic heterocycles. The number of rotatable bonds is 3. The van der Waals surface area contributed by atoms with E-state index in [1.54, 1.807) is 6.07 Å². The van der Waals surface area contributed by atoms with Gasteiger partial charge in [-0.3, -0.25) is 0 Å². The third-order valence-electron chi connectivity index (χ3n) is 2.19. The molecule has 0 aliphatic carbocycles. The van der Waals surface area contributed by atoms with Crippen LogP contribution in [-0.2, 0) is 6.54 Å². The molecule has 1 aromatic carbocycles. The molecule has 0 atom stereocenters. The van der Waals surface area contributed by atoms with Gasteiger partial charge in [0.2, 0.25) is 0 Å².